The second-order valence-corrected chi connectivity index (χ2v) is 3.37. The van der Waals surface area contributed by atoms with Gasteiger partial charge in [-0.3, -0.25) is 9.78 Å². The zero-order valence-corrected chi connectivity index (χ0v) is 7.99. The molecule has 1 aromatic rings. The molecule has 1 aliphatic rings. The predicted molar refractivity (Wildman–Crippen MR) is 50.7 cm³/mol. The summed E-state index contributed by atoms with van der Waals surface area (Å²) < 4.78 is 5.17. The molecule has 1 saturated heterocycles. The van der Waals surface area contributed by atoms with Crippen LogP contribution in [-0.4, -0.2) is 24.1 Å². The highest BCUT2D eigenvalue weighted by Crippen LogP contribution is 2.18. The maximum atomic E-state index is 11.1. The van der Waals surface area contributed by atoms with Crippen molar-refractivity contribution in [2.24, 2.45) is 0 Å². The van der Waals surface area contributed by atoms with Gasteiger partial charge in [0, 0.05) is 12.4 Å². The summed E-state index contributed by atoms with van der Waals surface area (Å²) in [6, 6.07) is 1.88. The lowest BCUT2D eigenvalue weighted by molar-refractivity contribution is -0.131. The minimum atomic E-state index is -0.0579. The Morgan fingerprint density at radius 2 is 2.50 bits per heavy atom. The molecular formula is C10H12N2O2. The molecule has 1 fully saturated rings. The molecule has 0 bridgehead atoms. The van der Waals surface area contributed by atoms with Crippen LogP contribution in [-0.2, 0) is 9.53 Å². The molecule has 1 atom stereocenters. The monoisotopic (exact) mass is 192 g/mol. The number of hydrogen-bond donors (Lipinski definition) is 1. The Morgan fingerprint density at radius 1 is 1.64 bits per heavy atom. The van der Waals surface area contributed by atoms with Crippen molar-refractivity contribution in [2.45, 2.75) is 13.0 Å². The van der Waals surface area contributed by atoms with Crippen molar-refractivity contribution in [2.75, 3.05) is 13.2 Å². The first-order valence-corrected chi connectivity index (χ1v) is 4.55. The number of carbonyl (C=O) groups is 1. The Kier molecular flexibility index (Phi) is 2.45. The van der Waals surface area contributed by atoms with Gasteiger partial charge in [0.25, 0.3) is 0 Å². The van der Waals surface area contributed by atoms with E-state index in [2.05, 4.69) is 10.3 Å². The number of ether oxygens (including phenoxy) is 1. The molecule has 74 valence electrons. The van der Waals surface area contributed by atoms with Crippen LogP contribution in [0, 0.1) is 6.92 Å². The van der Waals surface area contributed by atoms with Gasteiger partial charge in [0.15, 0.2) is 0 Å². The average Bonchev–Trinajstić information content (AvgIpc) is 2.18. The van der Waals surface area contributed by atoms with E-state index in [4.69, 9.17) is 4.74 Å². The molecule has 0 unspecified atom stereocenters. The van der Waals surface area contributed by atoms with Crippen LogP contribution in [0.3, 0.4) is 0 Å². The molecule has 14 heavy (non-hydrogen) atoms. The van der Waals surface area contributed by atoms with Crippen molar-refractivity contribution in [3.63, 3.8) is 0 Å². The van der Waals surface area contributed by atoms with Crippen LogP contribution in [0.15, 0.2) is 18.5 Å². The lowest BCUT2D eigenvalue weighted by Gasteiger charge is -2.24. The lowest BCUT2D eigenvalue weighted by Crippen LogP contribution is -2.40. The number of carbonyl (C=O) groups excluding carboxylic acids is 1. The topological polar surface area (TPSA) is 51.2 Å². The molecule has 4 nitrogen and oxygen atoms in total. The third kappa shape index (κ3) is 1.75. The summed E-state index contributed by atoms with van der Waals surface area (Å²) >= 11 is 0. The maximum absolute atomic E-state index is 11.1. The number of aryl methyl sites for hydroxylation is 1. The Labute approximate surface area is 82.3 Å². The van der Waals surface area contributed by atoms with E-state index in [1.807, 2.05) is 13.0 Å². The number of morpholine rings is 1. The Bertz CT molecular complexity index is 352. The summed E-state index contributed by atoms with van der Waals surface area (Å²) in [4.78, 5) is 15.1. The van der Waals surface area contributed by atoms with E-state index < -0.39 is 0 Å². The van der Waals surface area contributed by atoms with Gasteiger partial charge in [0.2, 0.25) is 5.91 Å². The van der Waals surface area contributed by atoms with Gasteiger partial charge in [0.05, 0.1) is 12.6 Å². The SMILES string of the molecule is Cc1cnccc1[C@H]1COCC(=O)N1. The summed E-state index contributed by atoms with van der Waals surface area (Å²) in [5.74, 6) is -0.0579. The van der Waals surface area contributed by atoms with Crippen molar-refractivity contribution in [3.05, 3.63) is 29.6 Å². The molecule has 1 aromatic heterocycles. The van der Waals surface area contributed by atoms with E-state index in [9.17, 15) is 4.79 Å². The van der Waals surface area contributed by atoms with Crippen LogP contribution < -0.4 is 5.32 Å². The fourth-order valence-electron chi connectivity index (χ4n) is 1.59. The largest absolute Gasteiger partial charge is 0.369 e. The van der Waals surface area contributed by atoms with Crippen LogP contribution >= 0.6 is 0 Å². The van der Waals surface area contributed by atoms with Gasteiger partial charge in [-0.05, 0) is 24.1 Å². The summed E-state index contributed by atoms with van der Waals surface area (Å²) in [6.45, 7) is 2.68. The molecule has 2 heterocycles. The summed E-state index contributed by atoms with van der Waals surface area (Å²) in [5, 5.41) is 2.88. The lowest BCUT2D eigenvalue weighted by atomic mass is 10.0. The first-order chi connectivity index (χ1) is 6.77. The molecule has 1 N–H and O–H groups in total. The van der Waals surface area contributed by atoms with Gasteiger partial charge in [-0.15, -0.1) is 0 Å². The predicted octanol–water partition coefficient (Wildman–Crippen LogP) is 0.578. The van der Waals surface area contributed by atoms with E-state index in [0.717, 1.165) is 11.1 Å². The average molecular weight is 192 g/mol. The van der Waals surface area contributed by atoms with Gasteiger partial charge in [-0.25, -0.2) is 0 Å². The third-order valence-corrected chi connectivity index (χ3v) is 2.29. The molecule has 0 aromatic carbocycles. The third-order valence-electron chi connectivity index (χ3n) is 2.29. The number of aromatic nitrogens is 1. The number of rotatable bonds is 1. The summed E-state index contributed by atoms with van der Waals surface area (Å²) in [5.41, 5.74) is 2.15. The zero-order chi connectivity index (χ0) is 9.97. The molecule has 2 rings (SSSR count). The van der Waals surface area contributed by atoms with Crippen molar-refractivity contribution >= 4 is 5.91 Å². The minimum absolute atomic E-state index is 0.0285. The quantitative estimate of drug-likeness (QED) is 0.708. The first-order valence-electron chi connectivity index (χ1n) is 4.55. The zero-order valence-electron chi connectivity index (χ0n) is 7.99. The molecule has 0 spiro atoms. The van der Waals surface area contributed by atoms with Crippen LogP contribution in [0.1, 0.15) is 17.2 Å². The molecule has 4 heteroatoms. The second-order valence-electron chi connectivity index (χ2n) is 3.37. The van der Waals surface area contributed by atoms with E-state index in [1.165, 1.54) is 0 Å². The number of hydrogen-bond acceptors (Lipinski definition) is 3. The fourth-order valence-corrected chi connectivity index (χ4v) is 1.59. The van der Waals surface area contributed by atoms with E-state index in [1.54, 1.807) is 12.4 Å². The van der Waals surface area contributed by atoms with Crippen molar-refractivity contribution in [1.82, 2.24) is 10.3 Å². The van der Waals surface area contributed by atoms with Gasteiger partial charge in [-0.2, -0.15) is 0 Å². The smallest absolute Gasteiger partial charge is 0.246 e. The molecule has 1 aliphatic heterocycles. The molecular weight excluding hydrogens is 180 g/mol. The van der Waals surface area contributed by atoms with Crippen LogP contribution in [0.2, 0.25) is 0 Å². The Morgan fingerprint density at radius 3 is 3.21 bits per heavy atom. The van der Waals surface area contributed by atoms with Gasteiger partial charge < -0.3 is 10.1 Å². The number of nitrogens with one attached hydrogen (secondary N) is 1. The van der Waals surface area contributed by atoms with Gasteiger partial charge in [0.1, 0.15) is 6.61 Å². The fraction of sp³-hybridized carbons (Fsp3) is 0.400. The highest BCUT2D eigenvalue weighted by molar-refractivity contribution is 5.78. The highest BCUT2D eigenvalue weighted by Gasteiger charge is 2.21. The first kappa shape index (κ1) is 9.15. The molecule has 1 amide bonds. The standard InChI is InChI=1S/C10H12N2O2/c1-7-4-11-3-2-8(7)9-5-14-6-10(13)12-9/h2-4,9H,5-6H2,1H3,(H,12,13)/t9-/m1/s1. The normalized spacial score (nSPS) is 21.8. The molecule has 0 radical (unpaired) electrons. The summed E-state index contributed by atoms with van der Waals surface area (Å²) in [7, 11) is 0. The number of amides is 1. The van der Waals surface area contributed by atoms with Crippen LogP contribution in [0.5, 0.6) is 0 Å². The minimum Gasteiger partial charge on any atom is -0.369 e. The number of nitrogens with zero attached hydrogens (tertiary/aromatic N) is 1. The molecule has 0 saturated carbocycles. The van der Waals surface area contributed by atoms with Crippen LogP contribution in [0.4, 0.5) is 0 Å². The van der Waals surface area contributed by atoms with E-state index in [0.29, 0.717) is 6.61 Å². The summed E-state index contributed by atoms with van der Waals surface area (Å²) in [6.07, 6.45) is 3.51. The van der Waals surface area contributed by atoms with Crippen LogP contribution in [0.25, 0.3) is 0 Å². The van der Waals surface area contributed by atoms with Crippen molar-refractivity contribution in [1.29, 1.82) is 0 Å². The molecule has 0 aliphatic carbocycles. The second kappa shape index (κ2) is 3.75. The Balaban J connectivity index is 2.22. The van der Waals surface area contributed by atoms with E-state index >= 15 is 0 Å². The van der Waals surface area contributed by atoms with Crippen molar-refractivity contribution < 1.29 is 9.53 Å². The number of pyridine rings is 1. The highest BCUT2D eigenvalue weighted by atomic mass is 16.5. The van der Waals surface area contributed by atoms with Gasteiger partial charge in [-0.1, -0.05) is 0 Å². The van der Waals surface area contributed by atoms with Crippen molar-refractivity contribution in [3.8, 4) is 0 Å². The van der Waals surface area contributed by atoms with E-state index in [-0.39, 0.29) is 18.6 Å². The Hall–Kier alpha value is -1.42. The maximum Gasteiger partial charge on any atom is 0.246 e. The van der Waals surface area contributed by atoms with Gasteiger partial charge >= 0.3 is 0 Å².